The fraction of sp³-hybridized carbons (Fsp3) is 0.143. The molecule has 9 nitrogen and oxygen atoms in total. The van der Waals surface area contributed by atoms with Crippen LogP contribution in [0.1, 0.15) is 5.56 Å². The Kier molecular flexibility index (Phi) is 6.61. The van der Waals surface area contributed by atoms with E-state index in [0.717, 1.165) is 12.0 Å². The quantitative estimate of drug-likeness (QED) is 0.396. The Hall–Kier alpha value is -4.21. The summed E-state index contributed by atoms with van der Waals surface area (Å²) in [6.07, 6.45) is 1.45. The van der Waals surface area contributed by atoms with Gasteiger partial charge in [0.25, 0.3) is 11.8 Å². The molecule has 0 bridgehead atoms. The van der Waals surface area contributed by atoms with Gasteiger partial charge in [-0.05, 0) is 48.0 Å². The number of carbonyl (C=O) groups excluding carboxylic acids is 4. The molecule has 2 N–H and O–H groups in total. The number of methoxy groups -OCH3 is 1. The number of imide groups is 1. The Labute approximate surface area is 176 Å². The van der Waals surface area contributed by atoms with Crippen molar-refractivity contribution in [3.63, 3.8) is 0 Å². The van der Waals surface area contributed by atoms with E-state index >= 15 is 0 Å². The molecule has 0 aromatic heterocycles. The number of nitrogens with one attached hydrogen (secondary N) is 2. The first-order valence-electron chi connectivity index (χ1n) is 9.05. The molecule has 3 rings (SSSR count). The van der Waals surface area contributed by atoms with E-state index in [-0.39, 0.29) is 12.3 Å². The lowest BCUT2D eigenvalue weighted by atomic mass is 10.2. The van der Waals surface area contributed by atoms with Crippen molar-refractivity contribution in [1.29, 1.82) is 0 Å². The van der Waals surface area contributed by atoms with E-state index in [1.807, 2.05) is 0 Å². The summed E-state index contributed by atoms with van der Waals surface area (Å²) in [7, 11) is 1.16. The molecule has 0 radical (unpaired) electrons. The highest BCUT2D eigenvalue weighted by molar-refractivity contribution is 6.15. The molecule has 1 heterocycles. The number of anilines is 1. The molecule has 1 fully saturated rings. The van der Waals surface area contributed by atoms with Crippen LogP contribution in [-0.2, 0) is 19.1 Å². The predicted molar refractivity (Wildman–Crippen MR) is 107 cm³/mol. The summed E-state index contributed by atoms with van der Waals surface area (Å²) in [5.74, 6) is -1.77. The third kappa shape index (κ3) is 5.66. The number of urea groups is 1. The van der Waals surface area contributed by atoms with Gasteiger partial charge in [0.05, 0.1) is 7.11 Å². The van der Waals surface area contributed by atoms with E-state index in [2.05, 4.69) is 15.4 Å². The van der Waals surface area contributed by atoms with Crippen LogP contribution in [0.15, 0.2) is 54.2 Å². The van der Waals surface area contributed by atoms with Crippen LogP contribution < -0.4 is 15.4 Å². The molecule has 2 aromatic rings. The van der Waals surface area contributed by atoms with Crippen molar-refractivity contribution in [2.75, 3.05) is 25.6 Å². The highest BCUT2D eigenvalue weighted by Crippen LogP contribution is 2.17. The number of carbonyl (C=O) groups is 4. The van der Waals surface area contributed by atoms with Gasteiger partial charge in [-0.15, -0.1) is 0 Å². The molecule has 1 saturated heterocycles. The fourth-order valence-electron chi connectivity index (χ4n) is 2.61. The maximum Gasteiger partial charge on any atom is 0.329 e. The largest absolute Gasteiger partial charge is 0.484 e. The lowest BCUT2D eigenvalue weighted by Crippen LogP contribution is -2.36. The third-order valence-corrected chi connectivity index (χ3v) is 4.17. The van der Waals surface area contributed by atoms with Crippen molar-refractivity contribution in [2.45, 2.75) is 0 Å². The van der Waals surface area contributed by atoms with E-state index in [4.69, 9.17) is 4.74 Å². The molecular weight excluding hydrogens is 409 g/mol. The average Bonchev–Trinajstić information content (AvgIpc) is 3.02. The third-order valence-electron chi connectivity index (χ3n) is 4.17. The van der Waals surface area contributed by atoms with E-state index in [0.29, 0.717) is 17.0 Å². The van der Waals surface area contributed by atoms with Gasteiger partial charge in [0, 0.05) is 5.69 Å². The van der Waals surface area contributed by atoms with Crippen molar-refractivity contribution >= 4 is 35.6 Å². The number of benzene rings is 2. The van der Waals surface area contributed by atoms with Crippen LogP contribution in [0.5, 0.6) is 5.75 Å². The van der Waals surface area contributed by atoms with Crippen LogP contribution in [0.3, 0.4) is 0 Å². The van der Waals surface area contributed by atoms with Crippen LogP contribution in [0.4, 0.5) is 14.9 Å². The predicted octanol–water partition coefficient (Wildman–Crippen LogP) is 1.91. The van der Waals surface area contributed by atoms with Gasteiger partial charge in [0.2, 0.25) is 0 Å². The molecule has 10 heteroatoms. The SMILES string of the molecule is COC(=O)CN1C(=O)N/C(=C/c2ccc(OCC(=O)Nc3ccc(F)cc3)cc2)C1=O. The normalized spacial score (nSPS) is 14.4. The summed E-state index contributed by atoms with van der Waals surface area (Å²) in [6.45, 7) is -0.736. The second kappa shape index (κ2) is 9.53. The van der Waals surface area contributed by atoms with Gasteiger partial charge in [-0.3, -0.25) is 14.4 Å². The lowest BCUT2D eigenvalue weighted by Gasteiger charge is -2.09. The van der Waals surface area contributed by atoms with E-state index in [1.54, 1.807) is 24.3 Å². The smallest absolute Gasteiger partial charge is 0.329 e. The highest BCUT2D eigenvalue weighted by Gasteiger charge is 2.35. The number of amides is 4. The average molecular weight is 427 g/mol. The number of ether oxygens (including phenoxy) is 2. The maximum atomic E-state index is 12.9. The zero-order valence-corrected chi connectivity index (χ0v) is 16.4. The van der Waals surface area contributed by atoms with E-state index in [1.165, 1.54) is 30.3 Å². The number of nitrogens with zero attached hydrogens (tertiary/aromatic N) is 1. The highest BCUT2D eigenvalue weighted by atomic mass is 19.1. The number of hydrogen-bond donors (Lipinski definition) is 2. The Morgan fingerprint density at radius 1 is 1.10 bits per heavy atom. The molecular formula is C21H18FN3O6. The summed E-state index contributed by atoms with van der Waals surface area (Å²) in [4.78, 5) is 48.1. The Bertz CT molecular complexity index is 1030. The van der Waals surface area contributed by atoms with Crippen molar-refractivity contribution in [3.8, 4) is 5.75 Å². The molecule has 4 amide bonds. The zero-order chi connectivity index (χ0) is 22.4. The first-order valence-corrected chi connectivity index (χ1v) is 9.05. The number of esters is 1. The molecule has 0 saturated carbocycles. The van der Waals surface area contributed by atoms with Crippen molar-refractivity contribution in [2.24, 2.45) is 0 Å². The number of rotatable bonds is 7. The second-order valence-corrected chi connectivity index (χ2v) is 6.37. The van der Waals surface area contributed by atoms with Gasteiger partial charge in [0.15, 0.2) is 6.61 Å². The van der Waals surface area contributed by atoms with Crippen LogP contribution >= 0.6 is 0 Å². The van der Waals surface area contributed by atoms with Gasteiger partial charge in [-0.1, -0.05) is 12.1 Å². The van der Waals surface area contributed by atoms with Gasteiger partial charge in [-0.25, -0.2) is 14.1 Å². The molecule has 1 aliphatic rings. The Morgan fingerprint density at radius 2 is 1.77 bits per heavy atom. The van der Waals surface area contributed by atoms with Gasteiger partial charge in [-0.2, -0.15) is 0 Å². The van der Waals surface area contributed by atoms with Gasteiger partial charge < -0.3 is 20.1 Å². The standard InChI is InChI=1S/C21H18FN3O6/c1-30-19(27)11-25-20(28)17(24-21(25)29)10-13-2-8-16(9-3-13)31-12-18(26)23-15-6-4-14(22)5-7-15/h2-10H,11-12H2,1H3,(H,23,26)(H,24,29)/b17-10+. The zero-order valence-electron chi connectivity index (χ0n) is 16.4. The summed E-state index contributed by atoms with van der Waals surface area (Å²) >= 11 is 0. The van der Waals surface area contributed by atoms with E-state index in [9.17, 15) is 23.6 Å². The minimum Gasteiger partial charge on any atom is -0.484 e. The molecule has 0 unspecified atom stereocenters. The molecule has 160 valence electrons. The number of hydrogen-bond acceptors (Lipinski definition) is 6. The second-order valence-electron chi connectivity index (χ2n) is 6.37. The molecule has 0 spiro atoms. The Morgan fingerprint density at radius 3 is 2.42 bits per heavy atom. The summed E-state index contributed by atoms with van der Waals surface area (Å²) in [5.41, 5.74) is 1.05. The van der Waals surface area contributed by atoms with Crippen LogP contribution in [0.25, 0.3) is 6.08 Å². The maximum absolute atomic E-state index is 12.9. The van der Waals surface area contributed by atoms with Crippen molar-refractivity contribution in [3.05, 3.63) is 65.6 Å². The van der Waals surface area contributed by atoms with Crippen LogP contribution in [0, 0.1) is 5.82 Å². The van der Waals surface area contributed by atoms with E-state index < -0.39 is 36.2 Å². The van der Waals surface area contributed by atoms with Crippen molar-refractivity contribution < 1.29 is 33.0 Å². The molecule has 1 aliphatic heterocycles. The molecule has 0 aliphatic carbocycles. The number of halogens is 1. The van der Waals surface area contributed by atoms with Crippen molar-refractivity contribution in [1.82, 2.24) is 10.2 Å². The fourth-order valence-corrected chi connectivity index (χ4v) is 2.61. The minimum atomic E-state index is -0.714. The summed E-state index contributed by atoms with van der Waals surface area (Å²) < 4.78 is 22.7. The molecule has 31 heavy (non-hydrogen) atoms. The first-order chi connectivity index (χ1) is 14.9. The monoisotopic (exact) mass is 427 g/mol. The molecule has 2 aromatic carbocycles. The first kappa shape index (κ1) is 21.5. The van der Waals surface area contributed by atoms with Crippen LogP contribution in [0.2, 0.25) is 0 Å². The topological polar surface area (TPSA) is 114 Å². The summed E-state index contributed by atoms with van der Waals surface area (Å²) in [5, 5.41) is 4.97. The minimum absolute atomic E-state index is 0.0150. The van der Waals surface area contributed by atoms with Gasteiger partial charge >= 0.3 is 12.0 Å². The van der Waals surface area contributed by atoms with Crippen LogP contribution in [-0.4, -0.2) is 49.0 Å². The Balaban J connectivity index is 1.55. The van der Waals surface area contributed by atoms with Gasteiger partial charge in [0.1, 0.15) is 23.8 Å². The molecule has 0 atom stereocenters. The summed E-state index contributed by atoms with van der Waals surface area (Å²) in [6, 6.07) is 11.1. The lowest BCUT2D eigenvalue weighted by molar-refractivity contribution is -0.143.